The molecule has 0 aliphatic carbocycles. The van der Waals surface area contributed by atoms with Crippen molar-refractivity contribution in [2.75, 3.05) is 18.0 Å². The number of aromatic nitrogens is 1. The second kappa shape index (κ2) is 6.42. The zero-order valence-corrected chi connectivity index (χ0v) is 11.6. The van der Waals surface area contributed by atoms with Crippen LogP contribution in [0.25, 0.3) is 0 Å². The Bertz CT molecular complexity index is 330. The Morgan fingerprint density at radius 3 is 2.62 bits per heavy atom. The fraction of sp³-hybridized carbons (Fsp3) is 0.727. The molecule has 3 nitrogen and oxygen atoms in total. The molecule has 16 heavy (non-hydrogen) atoms. The van der Waals surface area contributed by atoms with Crippen molar-refractivity contribution in [2.45, 2.75) is 33.8 Å². The summed E-state index contributed by atoms with van der Waals surface area (Å²) >= 11 is 7.41. The zero-order valence-electron chi connectivity index (χ0n) is 10.0. The lowest BCUT2D eigenvalue weighted by Crippen LogP contribution is -2.27. The topological polar surface area (TPSA) is 36.4 Å². The van der Waals surface area contributed by atoms with Gasteiger partial charge in [-0.05, 0) is 12.8 Å². The van der Waals surface area contributed by atoms with E-state index in [0.29, 0.717) is 11.1 Å². The largest absolute Gasteiger partial charge is 0.391 e. The van der Waals surface area contributed by atoms with Crippen LogP contribution in [0.2, 0.25) is 5.15 Å². The summed E-state index contributed by atoms with van der Waals surface area (Å²) in [6, 6.07) is 0. The molecule has 0 fully saturated rings. The molecule has 1 aromatic rings. The third-order valence-corrected chi connectivity index (χ3v) is 4.19. The molecule has 0 aromatic carbocycles. The van der Waals surface area contributed by atoms with Crippen LogP contribution in [0.15, 0.2) is 0 Å². The highest BCUT2D eigenvalue weighted by Crippen LogP contribution is 2.30. The standard InChI is InChI=1S/C11H19ClN2OS/c1-4-8(3)6-14(5-2)11-13-10(12)9(7-15)16-11/h8,15H,4-7H2,1-3H3. The molecule has 0 aliphatic rings. The lowest BCUT2D eigenvalue weighted by Gasteiger charge is -2.23. The summed E-state index contributed by atoms with van der Waals surface area (Å²) in [6.07, 6.45) is 1.16. The van der Waals surface area contributed by atoms with E-state index < -0.39 is 0 Å². The van der Waals surface area contributed by atoms with Crippen molar-refractivity contribution in [3.8, 4) is 0 Å². The summed E-state index contributed by atoms with van der Waals surface area (Å²) in [6.45, 7) is 8.39. The summed E-state index contributed by atoms with van der Waals surface area (Å²) in [5, 5.41) is 10.4. The third kappa shape index (κ3) is 3.34. The van der Waals surface area contributed by atoms with Gasteiger partial charge in [0.2, 0.25) is 0 Å². The van der Waals surface area contributed by atoms with Gasteiger partial charge in [0.25, 0.3) is 0 Å². The van der Waals surface area contributed by atoms with E-state index in [-0.39, 0.29) is 6.61 Å². The van der Waals surface area contributed by atoms with Gasteiger partial charge in [0.15, 0.2) is 5.13 Å². The van der Waals surface area contributed by atoms with Gasteiger partial charge in [-0.1, -0.05) is 43.2 Å². The van der Waals surface area contributed by atoms with E-state index in [1.807, 2.05) is 0 Å². The van der Waals surface area contributed by atoms with Gasteiger partial charge in [-0.15, -0.1) is 0 Å². The maximum absolute atomic E-state index is 9.08. The Labute approximate surface area is 106 Å². The average Bonchev–Trinajstić information content (AvgIpc) is 2.66. The second-order valence-electron chi connectivity index (χ2n) is 3.92. The molecule has 0 saturated heterocycles. The van der Waals surface area contributed by atoms with Crippen molar-refractivity contribution in [1.29, 1.82) is 0 Å². The second-order valence-corrected chi connectivity index (χ2v) is 5.34. The van der Waals surface area contributed by atoms with Crippen LogP contribution >= 0.6 is 22.9 Å². The van der Waals surface area contributed by atoms with Gasteiger partial charge in [-0.25, -0.2) is 4.98 Å². The molecule has 92 valence electrons. The van der Waals surface area contributed by atoms with Crippen LogP contribution < -0.4 is 4.90 Å². The Hall–Kier alpha value is -0.320. The smallest absolute Gasteiger partial charge is 0.187 e. The number of hydrogen-bond acceptors (Lipinski definition) is 4. The van der Waals surface area contributed by atoms with Gasteiger partial charge in [-0.2, -0.15) is 0 Å². The van der Waals surface area contributed by atoms with Crippen molar-refractivity contribution in [2.24, 2.45) is 5.92 Å². The van der Waals surface area contributed by atoms with Crippen LogP contribution in [0.4, 0.5) is 5.13 Å². The fourth-order valence-corrected chi connectivity index (χ4v) is 2.59. The summed E-state index contributed by atoms with van der Waals surface area (Å²) in [7, 11) is 0. The van der Waals surface area contributed by atoms with Crippen molar-refractivity contribution >= 4 is 28.1 Å². The van der Waals surface area contributed by atoms with Crippen molar-refractivity contribution in [3.05, 3.63) is 10.0 Å². The number of aliphatic hydroxyl groups is 1. The minimum atomic E-state index is -0.0304. The number of anilines is 1. The van der Waals surface area contributed by atoms with E-state index in [2.05, 4.69) is 30.7 Å². The Balaban J connectivity index is 2.78. The van der Waals surface area contributed by atoms with Crippen LogP contribution in [0, 0.1) is 5.92 Å². The van der Waals surface area contributed by atoms with E-state index in [4.69, 9.17) is 16.7 Å². The predicted octanol–water partition coefficient (Wildman–Crippen LogP) is 3.16. The van der Waals surface area contributed by atoms with E-state index in [1.54, 1.807) is 0 Å². The Kier molecular flexibility index (Phi) is 5.52. The highest BCUT2D eigenvalue weighted by molar-refractivity contribution is 7.16. The summed E-state index contributed by atoms with van der Waals surface area (Å²) < 4.78 is 0. The summed E-state index contributed by atoms with van der Waals surface area (Å²) in [4.78, 5) is 7.25. The van der Waals surface area contributed by atoms with Gasteiger partial charge in [0.05, 0.1) is 11.5 Å². The third-order valence-electron chi connectivity index (χ3n) is 2.66. The van der Waals surface area contributed by atoms with Gasteiger partial charge in [-0.3, -0.25) is 0 Å². The first-order valence-electron chi connectivity index (χ1n) is 5.63. The molecule has 0 radical (unpaired) electrons. The normalized spacial score (nSPS) is 12.8. The Morgan fingerprint density at radius 2 is 2.19 bits per heavy atom. The molecule has 5 heteroatoms. The molecule has 1 rings (SSSR count). The molecule has 1 heterocycles. The van der Waals surface area contributed by atoms with Crippen molar-refractivity contribution in [3.63, 3.8) is 0 Å². The summed E-state index contributed by atoms with van der Waals surface area (Å²) in [5.41, 5.74) is 0. The predicted molar refractivity (Wildman–Crippen MR) is 70.4 cm³/mol. The summed E-state index contributed by atoms with van der Waals surface area (Å²) in [5.74, 6) is 0.639. The highest BCUT2D eigenvalue weighted by Gasteiger charge is 2.15. The molecule has 1 unspecified atom stereocenters. The molecule has 1 aromatic heterocycles. The van der Waals surface area contributed by atoms with Gasteiger partial charge >= 0.3 is 0 Å². The molecule has 0 amide bonds. The number of thiazole rings is 1. The van der Waals surface area contributed by atoms with Crippen LogP contribution in [-0.4, -0.2) is 23.2 Å². The molecular formula is C11H19ClN2OS. The van der Waals surface area contributed by atoms with Crippen molar-refractivity contribution < 1.29 is 5.11 Å². The lowest BCUT2D eigenvalue weighted by molar-refractivity contribution is 0.285. The minimum absolute atomic E-state index is 0.0304. The number of halogens is 1. The molecular weight excluding hydrogens is 244 g/mol. The first-order chi connectivity index (χ1) is 7.62. The average molecular weight is 263 g/mol. The quantitative estimate of drug-likeness (QED) is 0.856. The molecule has 1 atom stereocenters. The molecule has 0 aliphatic heterocycles. The van der Waals surface area contributed by atoms with E-state index in [1.165, 1.54) is 11.3 Å². The maximum atomic E-state index is 9.08. The van der Waals surface area contributed by atoms with Crippen LogP contribution in [0.5, 0.6) is 0 Å². The first kappa shape index (κ1) is 13.7. The van der Waals surface area contributed by atoms with Gasteiger partial charge in [0.1, 0.15) is 5.15 Å². The van der Waals surface area contributed by atoms with Crippen LogP contribution in [0.1, 0.15) is 32.1 Å². The SMILES string of the molecule is CCC(C)CN(CC)c1nc(Cl)c(CO)s1. The number of aliphatic hydroxyl groups excluding tert-OH is 1. The molecule has 1 N–H and O–H groups in total. The van der Waals surface area contributed by atoms with E-state index >= 15 is 0 Å². The van der Waals surface area contributed by atoms with Gasteiger partial charge in [0, 0.05) is 13.1 Å². The minimum Gasteiger partial charge on any atom is -0.391 e. The van der Waals surface area contributed by atoms with Crippen LogP contribution in [0.3, 0.4) is 0 Å². The molecule has 0 saturated carbocycles. The Morgan fingerprint density at radius 1 is 1.50 bits per heavy atom. The lowest BCUT2D eigenvalue weighted by atomic mass is 10.1. The fourth-order valence-electron chi connectivity index (χ4n) is 1.40. The number of rotatable bonds is 6. The van der Waals surface area contributed by atoms with E-state index in [9.17, 15) is 0 Å². The first-order valence-corrected chi connectivity index (χ1v) is 6.82. The number of hydrogen-bond donors (Lipinski definition) is 1. The molecule has 0 spiro atoms. The molecule has 0 bridgehead atoms. The van der Waals surface area contributed by atoms with E-state index in [0.717, 1.165) is 29.5 Å². The maximum Gasteiger partial charge on any atom is 0.187 e. The van der Waals surface area contributed by atoms with Crippen LogP contribution in [-0.2, 0) is 6.61 Å². The van der Waals surface area contributed by atoms with Gasteiger partial charge < -0.3 is 10.0 Å². The highest BCUT2D eigenvalue weighted by atomic mass is 35.5. The monoisotopic (exact) mass is 262 g/mol. The zero-order chi connectivity index (χ0) is 12.1. The number of nitrogens with zero attached hydrogens (tertiary/aromatic N) is 2. The van der Waals surface area contributed by atoms with Crippen molar-refractivity contribution in [1.82, 2.24) is 4.98 Å².